The molecule has 2 aliphatic rings. The zero-order valence-electron chi connectivity index (χ0n) is 17.2. The molecule has 2 atom stereocenters. The van der Waals surface area contributed by atoms with Crippen LogP contribution < -0.4 is 19.6 Å². The Balaban J connectivity index is 1.83. The SMILES string of the molecule is CCN(CC)c1ccc2c(c1)OC(=O)N(c1ccc(Cl)c(Cl)c1)[P@@]2(=S)O[C@H]1CCCO1. The Kier molecular flexibility index (Phi) is 6.82. The van der Waals surface area contributed by atoms with Crippen molar-refractivity contribution >= 4 is 64.2 Å². The van der Waals surface area contributed by atoms with Crippen molar-refractivity contribution < 1.29 is 18.8 Å². The number of hydrogen-bond acceptors (Lipinski definition) is 6. The fraction of sp³-hybridized carbons (Fsp3) is 0.381. The zero-order chi connectivity index (χ0) is 22.2. The first-order chi connectivity index (χ1) is 14.9. The van der Waals surface area contributed by atoms with Gasteiger partial charge < -0.3 is 14.4 Å². The van der Waals surface area contributed by atoms with Gasteiger partial charge in [-0.25, -0.2) is 9.46 Å². The monoisotopic (exact) mass is 500 g/mol. The second-order valence-corrected chi connectivity index (χ2v) is 11.6. The van der Waals surface area contributed by atoms with Gasteiger partial charge in [-0.05, 0) is 62.4 Å². The molecule has 1 amide bonds. The topological polar surface area (TPSA) is 51.2 Å². The number of benzene rings is 2. The molecule has 2 aromatic rings. The first-order valence-corrected chi connectivity index (χ1v) is 13.6. The summed E-state index contributed by atoms with van der Waals surface area (Å²) >= 11 is 18.4. The third-order valence-corrected chi connectivity index (χ3v) is 9.80. The molecule has 1 fully saturated rings. The van der Waals surface area contributed by atoms with Crippen LogP contribution in [-0.2, 0) is 21.1 Å². The van der Waals surface area contributed by atoms with Gasteiger partial charge in [0.25, 0.3) is 0 Å². The van der Waals surface area contributed by atoms with Gasteiger partial charge in [0.15, 0.2) is 6.29 Å². The number of anilines is 2. The summed E-state index contributed by atoms with van der Waals surface area (Å²) in [5.41, 5.74) is 1.43. The Morgan fingerprint density at radius 2 is 1.97 bits per heavy atom. The average Bonchev–Trinajstić information content (AvgIpc) is 3.24. The molecule has 2 aliphatic heterocycles. The summed E-state index contributed by atoms with van der Waals surface area (Å²) in [5.74, 6) is 0.423. The largest absolute Gasteiger partial charge is 0.425 e. The van der Waals surface area contributed by atoms with E-state index in [4.69, 9.17) is 49.0 Å². The number of nitrogens with zero attached hydrogens (tertiary/aromatic N) is 2. The molecule has 0 bridgehead atoms. The number of carbonyl (C=O) groups excluding carboxylic acids is 1. The molecular formula is C21H23Cl2N2O4PS. The van der Waals surface area contributed by atoms with Crippen molar-refractivity contribution in [1.82, 2.24) is 0 Å². The quantitative estimate of drug-likeness (QED) is 0.457. The maximum atomic E-state index is 13.2. The van der Waals surface area contributed by atoms with E-state index in [-0.39, 0.29) is 0 Å². The van der Waals surface area contributed by atoms with Crippen molar-refractivity contribution in [3.8, 4) is 5.75 Å². The summed E-state index contributed by atoms with van der Waals surface area (Å²) in [5, 5.41) is 1.36. The number of ether oxygens (including phenoxy) is 2. The molecule has 2 aromatic carbocycles. The van der Waals surface area contributed by atoms with Crippen molar-refractivity contribution in [2.45, 2.75) is 33.0 Å². The van der Waals surface area contributed by atoms with Gasteiger partial charge in [0.2, 0.25) is 6.42 Å². The molecule has 0 unspecified atom stereocenters. The molecule has 0 N–H and O–H groups in total. The molecule has 31 heavy (non-hydrogen) atoms. The van der Waals surface area contributed by atoms with Crippen LogP contribution in [0.4, 0.5) is 16.2 Å². The molecule has 0 aliphatic carbocycles. The summed E-state index contributed by atoms with van der Waals surface area (Å²) in [6.45, 7) is 6.42. The Hall–Kier alpha value is -1.34. The van der Waals surface area contributed by atoms with Gasteiger partial charge in [-0.1, -0.05) is 23.2 Å². The van der Waals surface area contributed by atoms with Gasteiger partial charge in [-0.2, -0.15) is 0 Å². The minimum atomic E-state index is -3.10. The fourth-order valence-corrected chi connectivity index (χ4v) is 7.48. The van der Waals surface area contributed by atoms with Crippen LogP contribution in [0.2, 0.25) is 10.0 Å². The van der Waals surface area contributed by atoms with Crippen LogP contribution in [-0.4, -0.2) is 32.1 Å². The standard InChI is InChI=1S/C21H23Cl2N2O4PS/c1-3-24(4-2)14-8-10-19-18(13-14)28-21(26)25(15-7-9-16(22)17(23)12-15)30(19,31)29-20-6-5-11-27-20/h7-10,12-13,20H,3-6,11H2,1-2H3/t20-,30+/m0/s1. The van der Waals surface area contributed by atoms with Crippen molar-refractivity contribution in [1.29, 1.82) is 0 Å². The number of fused-ring (bicyclic) bond motifs is 1. The van der Waals surface area contributed by atoms with E-state index in [2.05, 4.69) is 18.7 Å². The summed E-state index contributed by atoms with van der Waals surface area (Å²) in [6.07, 6.45) is -2.58. The minimum Gasteiger partial charge on any atom is -0.409 e. The minimum absolute atomic E-state index is 0.313. The molecule has 0 spiro atoms. The molecule has 0 saturated carbocycles. The summed E-state index contributed by atoms with van der Waals surface area (Å²) in [4.78, 5) is 15.4. The highest BCUT2D eigenvalue weighted by atomic mass is 35.5. The number of rotatable bonds is 6. The van der Waals surface area contributed by atoms with E-state index in [1.807, 2.05) is 18.2 Å². The Labute approximate surface area is 197 Å². The molecule has 2 heterocycles. The van der Waals surface area contributed by atoms with Crippen LogP contribution in [0.5, 0.6) is 5.75 Å². The van der Waals surface area contributed by atoms with E-state index >= 15 is 0 Å². The molecule has 1 saturated heterocycles. The molecule has 10 heteroatoms. The summed E-state index contributed by atoms with van der Waals surface area (Å²) in [7, 11) is 0. The van der Waals surface area contributed by atoms with E-state index < -0.39 is 18.8 Å². The Bertz CT molecular complexity index is 1040. The van der Waals surface area contributed by atoms with E-state index in [0.29, 0.717) is 33.4 Å². The second-order valence-electron chi connectivity index (χ2n) is 7.17. The molecule has 4 rings (SSSR count). The highest BCUT2D eigenvalue weighted by Crippen LogP contribution is 2.59. The number of hydrogen-bond donors (Lipinski definition) is 0. The number of amides is 1. The van der Waals surface area contributed by atoms with Gasteiger partial charge in [-0.3, -0.25) is 4.52 Å². The Morgan fingerprint density at radius 3 is 2.61 bits per heavy atom. The molecular weight excluding hydrogens is 478 g/mol. The smallest absolute Gasteiger partial charge is 0.409 e. The van der Waals surface area contributed by atoms with Crippen LogP contribution in [0.1, 0.15) is 26.7 Å². The van der Waals surface area contributed by atoms with E-state index in [1.54, 1.807) is 18.2 Å². The zero-order valence-corrected chi connectivity index (χ0v) is 20.4. The van der Waals surface area contributed by atoms with Gasteiger partial charge >= 0.3 is 6.09 Å². The normalized spacial score (nSPS) is 22.9. The van der Waals surface area contributed by atoms with Crippen LogP contribution >= 0.6 is 29.6 Å². The van der Waals surface area contributed by atoms with Crippen molar-refractivity contribution in [3.05, 3.63) is 46.4 Å². The highest BCUT2D eigenvalue weighted by Gasteiger charge is 2.45. The second kappa shape index (κ2) is 9.26. The lowest BCUT2D eigenvalue weighted by atomic mass is 10.2. The Morgan fingerprint density at radius 1 is 1.19 bits per heavy atom. The van der Waals surface area contributed by atoms with Crippen LogP contribution in [0, 0.1) is 0 Å². The summed E-state index contributed by atoms with van der Waals surface area (Å²) in [6, 6.07) is 10.6. The molecule has 166 valence electrons. The maximum Gasteiger partial charge on any atom is 0.425 e. The maximum absolute atomic E-state index is 13.2. The first-order valence-electron chi connectivity index (χ1n) is 10.1. The number of carbonyl (C=O) groups is 1. The lowest BCUT2D eigenvalue weighted by molar-refractivity contribution is -0.0316. The molecule has 6 nitrogen and oxygen atoms in total. The van der Waals surface area contributed by atoms with Crippen LogP contribution in [0.25, 0.3) is 0 Å². The van der Waals surface area contributed by atoms with Gasteiger partial charge in [0.1, 0.15) is 5.75 Å². The third kappa shape index (κ3) is 4.32. The molecule has 0 radical (unpaired) electrons. The van der Waals surface area contributed by atoms with E-state index in [9.17, 15) is 4.79 Å². The van der Waals surface area contributed by atoms with E-state index in [1.165, 1.54) is 4.67 Å². The molecule has 0 aromatic heterocycles. The highest BCUT2D eigenvalue weighted by molar-refractivity contribution is 8.17. The van der Waals surface area contributed by atoms with Gasteiger partial charge in [0.05, 0.1) is 21.0 Å². The lowest BCUT2D eigenvalue weighted by Gasteiger charge is -2.39. The van der Waals surface area contributed by atoms with Crippen molar-refractivity contribution in [3.63, 3.8) is 0 Å². The third-order valence-electron chi connectivity index (χ3n) is 5.31. The first kappa shape index (κ1) is 22.8. The van der Waals surface area contributed by atoms with Gasteiger partial charge in [0, 0.05) is 37.9 Å². The van der Waals surface area contributed by atoms with Crippen molar-refractivity contribution in [2.24, 2.45) is 0 Å². The predicted molar refractivity (Wildman–Crippen MR) is 129 cm³/mol. The van der Waals surface area contributed by atoms with Crippen molar-refractivity contribution in [2.75, 3.05) is 29.3 Å². The fourth-order valence-electron chi connectivity index (χ4n) is 3.72. The number of halogens is 2. The predicted octanol–water partition coefficient (Wildman–Crippen LogP) is 5.95. The van der Waals surface area contributed by atoms with Crippen LogP contribution in [0.15, 0.2) is 36.4 Å². The van der Waals surface area contributed by atoms with Crippen LogP contribution in [0.3, 0.4) is 0 Å². The van der Waals surface area contributed by atoms with Gasteiger partial charge in [-0.15, -0.1) is 0 Å². The lowest BCUT2D eigenvalue weighted by Crippen LogP contribution is -2.42. The average molecular weight is 501 g/mol. The van der Waals surface area contributed by atoms with E-state index in [0.717, 1.165) is 31.6 Å². The summed E-state index contributed by atoms with van der Waals surface area (Å²) < 4.78 is 19.2.